The minimum absolute atomic E-state index is 0.00722. The van der Waals surface area contributed by atoms with Crippen LogP contribution in [0.5, 0.6) is 5.75 Å². The first-order chi connectivity index (χ1) is 9.34. The predicted molar refractivity (Wildman–Crippen MR) is 78.7 cm³/mol. The van der Waals surface area contributed by atoms with Crippen molar-refractivity contribution >= 4 is 16.8 Å². The van der Waals surface area contributed by atoms with Gasteiger partial charge >= 0.3 is 0 Å². The van der Waals surface area contributed by atoms with Gasteiger partial charge in [-0.3, -0.25) is 9.89 Å². The van der Waals surface area contributed by atoms with Crippen LogP contribution in [-0.2, 0) is 11.3 Å². The monoisotopic (exact) mass is 275 g/mol. The highest BCUT2D eigenvalue weighted by Gasteiger charge is 2.22. The molecule has 0 saturated carbocycles. The van der Waals surface area contributed by atoms with Gasteiger partial charge in [-0.1, -0.05) is 20.8 Å². The number of nitrogens with zero attached hydrogens (tertiary/aromatic N) is 1. The van der Waals surface area contributed by atoms with Crippen molar-refractivity contribution in [3.05, 3.63) is 23.4 Å². The van der Waals surface area contributed by atoms with E-state index < -0.39 is 5.41 Å². The summed E-state index contributed by atoms with van der Waals surface area (Å²) in [5, 5.41) is 11.1. The van der Waals surface area contributed by atoms with Crippen molar-refractivity contribution in [2.75, 3.05) is 7.11 Å². The number of benzene rings is 1. The summed E-state index contributed by atoms with van der Waals surface area (Å²) in [5.41, 5.74) is 2.51. The average Bonchev–Trinajstić information content (AvgIpc) is 2.85. The van der Waals surface area contributed by atoms with E-state index in [0.29, 0.717) is 6.54 Å². The Morgan fingerprint density at radius 3 is 2.75 bits per heavy atom. The summed E-state index contributed by atoms with van der Waals surface area (Å²) < 4.78 is 5.42. The lowest BCUT2D eigenvalue weighted by Gasteiger charge is -2.19. The number of carbonyl (C=O) groups excluding carboxylic acids is 1. The Morgan fingerprint density at radius 1 is 1.45 bits per heavy atom. The fourth-order valence-corrected chi connectivity index (χ4v) is 2.09. The second kappa shape index (κ2) is 5.15. The van der Waals surface area contributed by atoms with E-state index in [1.807, 2.05) is 33.8 Å². The van der Waals surface area contributed by atoms with Gasteiger partial charge < -0.3 is 10.1 Å². The minimum Gasteiger partial charge on any atom is -0.496 e. The van der Waals surface area contributed by atoms with Crippen LogP contribution >= 0.6 is 0 Å². The van der Waals surface area contributed by atoms with Crippen LogP contribution in [0, 0.1) is 12.3 Å². The first-order valence-electron chi connectivity index (χ1n) is 6.62. The van der Waals surface area contributed by atoms with Gasteiger partial charge in [-0.15, -0.1) is 0 Å². The average molecular weight is 275 g/mol. The van der Waals surface area contributed by atoms with Gasteiger partial charge in [0.2, 0.25) is 5.91 Å². The summed E-state index contributed by atoms with van der Waals surface area (Å²) in [7, 11) is 1.63. The number of aromatic amines is 1. The van der Waals surface area contributed by atoms with Gasteiger partial charge in [0.15, 0.2) is 0 Å². The summed E-state index contributed by atoms with van der Waals surface area (Å²) in [6.07, 6.45) is 1.79. The number of methoxy groups -OCH3 is 1. The SMILES string of the molecule is COc1cc(C)c2cn[nH]c2c1CNC(=O)C(C)(C)C. The van der Waals surface area contributed by atoms with E-state index >= 15 is 0 Å². The van der Waals surface area contributed by atoms with Crippen LogP contribution in [-0.4, -0.2) is 23.2 Å². The van der Waals surface area contributed by atoms with E-state index in [1.165, 1.54) is 0 Å². The maximum Gasteiger partial charge on any atom is 0.225 e. The molecule has 0 aliphatic heterocycles. The van der Waals surface area contributed by atoms with Gasteiger partial charge in [0.05, 0.1) is 18.8 Å². The largest absolute Gasteiger partial charge is 0.496 e. The molecule has 1 aromatic carbocycles. The molecule has 5 nitrogen and oxygen atoms in total. The van der Waals surface area contributed by atoms with Crippen molar-refractivity contribution < 1.29 is 9.53 Å². The van der Waals surface area contributed by atoms with Crippen LogP contribution in [0.25, 0.3) is 10.9 Å². The molecule has 0 aliphatic carbocycles. The summed E-state index contributed by atoms with van der Waals surface area (Å²) in [5.74, 6) is 0.765. The molecule has 2 N–H and O–H groups in total. The molecule has 5 heteroatoms. The van der Waals surface area contributed by atoms with Crippen molar-refractivity contribution in [3.63, 3.8) is 0 Å². The van der Waals surface area contributed by atoms with E-state index in [-0.39, 0.29) is 5.91 Å². The molecule has 0 atom stereocenters. The predicted octanol–water partition coefficient (Wildman–Crippen LogP) is 2.54. The quantitative estimate of drug-likeness (QED) is 0.904. The molecule has 1 heterocycles. The third-order valence-corrected chi connectivity index (χ3v) is 3.34. The van der Waals surface area contributed by atoms with Crippen LogP contribution < -0.4 is 10.1 Å². The molecule has 20 heavy (non-hydrogen) atoms. The highest BCUT2D eigenvalue weighted by molar-refractivity contribution is 5.88. The van der Waals surface area contributed by atoms with Crippen molar-refractivity contribution in [1.82, 2.24) is 15.5 Å². The van der Waals surface area contributed by atoms with E-state index in [0.717, 1.165) is 27.8 Å². The van der Waals surface area contributed by atoms with Crippen molar-refractivity contribution in [3.8, 4) is 5.75 Å². The van der Waals surface area contributed by atoms with Gasteiger partial charge in [0.1, 0.15) is 5.75 Å². The lowest BCUT2D eigenvalue weighted by Crippen LogP contribution is -2.34. The molecule has 1 aromatic heterocycles. The number of hydrogen-bond donors (Lipinski definition) is 2. The molecule has 2 aromatic rings. The number of hydrogen-bond acceptors (Lipinski definition) is 3. The Balaban J connectivity index is 2.36. The molecule has 0 spiro atoms. The van der Waals surface area contributed by atoms with Crippen LogP contribution in [0.2, 0.25) is 0 Å². The number of amides is 1. The molecular formula is C15H21N3O2. The molecule has 0 fully saturated rings. The Kier molecular flexibility index (Phi) is 3.70. The summed E-state index contributed by atoms with van der Waals surface area (Å²) in [6.45, 7) is 8.09. The van der Waals surface area contributed by atoms with E-state index in [4.69, 9.17) is 4.74 Å². The number of H-pyrrole nitrogens is 1. The Labute approximate surface area is 118 Å². The minimum atomic E-state index is -0.412. The Bertz CT molecular complexity index is 638. The zero-order valence-electron chi connectivity index (χ0n) is 12.6. The molecule has 0 radical (unpaired) electrons. The van der Waals surface area contributed by atoms with Gasteiger partial charge in [0, 0.05) is 22.9 Å². The van der Waals surface area contributed by atoms with Gasteiger partial charge in [-0.2, -0.15) is 5.10 Å². The molecule has 0 unspecified atom stereocenters. The molecule has 1 amide bonds. The molecule has 0 bridgehead atoms. The Hall–Kier alpha value is -2.04. The van der Waals surface area contributed by atoms with Crippen LogP contribution in [0.3, 0.4) is 0 Å². The standard InChI is InChI=1S/C15H21N3O2/c1-9-6-12(20-5)11(13-10(9)8-17-18-13)7-16-14(19)15(2,3)4/h6,8H,7H2,1-5H3,(H,16,19)(H,17,18). The van der Waals surface area contributed by atoms with Gasteiger partial charge in [-0.05, 0) is 18.6 Å². The van der Waals surface area contributed by atoms with Crippen molar-refractivity contribution in [2.45, 2.75) is 34.2 Å². The highest BCUT2D eigenvalue weighted by atomic mass is 16.5. The third-order valence-electron chi connectivity index (χ3n) is 3.34. The second-order valence-electron chi connectivity index (χ2n) is 5.97. The van der Waals surface area contributed by atoms with E-state index in [1.54, 1.807) is 13.3 Å². The number of fused-ring (bicyclic) bond motifs is 1. The lowest BCUT2D eigenvalue weighted by atomic mass is 9.95. The number of ether oxygens (including phenoxy) is 1. The Morgan fingerprint density at radius 2 is 2.15 bits per heavy atom. The summed E-state index contributed by atoms with van der Waals surface area (Å²) in [4.78, 5) is 12.0. The van der Waals surface area contributed by atoms with E-state index in [2.05, 4.69) is 15.5 Å². The fraction of sp³-hybridized carbons (Fsp3) is 0.467. The zero-order valence-corrected chi connectivity index (χ0v) is 12.6. The van der Waals surface area contributed by atoms with Crippen molar-refractivity contribution in [2.24, 2.45) is 5.41 Å². The normalized spacial score (nSPS) is 11.7. The number of carbonyl (C=O) groups is 1. The van der Waals surface area contributed by atoms with Crippen LogP contribution in [0.4, 0.5) is 0 Å². The highest BCUT2D eigenvalue weighted by Crippen LogP contribution is 2.29. The molecule has 2 rings (SSSR count). The van der Waals surface area contributed by atoms with Crippen LogP contribution in [0.15, 0.2) is 12.3 Å². The maximum atomic E-state index is 12.0. The zero-order chi connectivity index (χ0) is 14.9. The molecule has 108 valence electrons. The summed E-state index contributed by atoms with van der Waals surface area (Å²) >= 11 is 0. The number of rotatable bonds is 3. The topological polar surface area (TPSA) is 67.0 Å². The smallest absolute Gasteiger partial charge is 0.225 e. The number of aromatic nitrogens is 2. The molecular weight excluding hydrogens is 254 g/mol. The second-order valence-corrected chi connectivity index (χ2v) is 5.97. The van der Waals surface area contributed by atoms with Gasteiger partial charge in [0.25, 0.3) is 0 Å². The first kappa shape index (κ1) is 14.4. The van der Waals surface area contributed by atoms with Gasteiger partial charge in [-0.25, -0.2) is 0 Å². The number of aryl methyl sites for hydroxylation is 1. The number of nitrogens with one attached hydrogen (secondary N) is 2. The molecule has 0 saturated heterocycles. The summed E-state index contributed by atoms with van der Waals surface area (Å²) in [6, 6.07) is 1.97. The van der Waals surface area contributed by atoms with Crippen LogP contribution in [0.1, 0.15) is 31.9 Å². The fourth-order valence-electron chi connectivity index (χ4n) is 2.09. The first-order valence-corrected chi connectivity index (χ1v) is 6.62. The maximum absolute atomic E-state index is 12.0. The van der Waals surface area contributed by atoms with Crippen molar-refractivity contribution in [1.29, 1.82) is 0 Å². The molecule has 0 aliphatic rings. The third kappa shape index (κ3) is 2.61. The van der Waals surface area contributed by atoms with E-state index in [9.17, 15) is 4.79 Å². The lowest BCUT2D eigenvalue weighted by molar-refractivity contribution is -0.128.